The van der Waals surface area contributed by atoms with Gasteiger partial charge in [0.05, 0.1) is 18.8 Å². The van der Waals surface area contributed by atoms with E-state index in [1.165, 1.54) is 0 Å². The summed E-state index contributed by atoms with van der Waals surface area (Å²) >= 11 is 0. The second-order valence-electron chi connectivity index (χ2n) is 4.87. The smallest absolute Gasteiger partial charge is 0.120 e. The first-order valence-corrected chi connectivity index (χ1v) is 6.45. The highest BCUT2D eigenvalue weighted by Gasteiger charge is 2.15. The minimum Gasteiger partial charge on any atom is -0.493 e. The monoisotopic (exact) mass is 262 g/mol. The normalized spacial score (nSPS) is 10.7. The van der Waals surface area contributed by atoms with E-state index in [-0.39, 0.29) is 12.2 Å². The van der Waals surface area contributed by atoms with Gasteiger partial charge in [0.1, 0.15) is 5.75 Å². The molecule has 0 fully saturated rings. The Bertz CT molecular complexity index is 441. The average molecular weight is 262 g/mol. The Morgan fingerprint density at radius 2 is 2.11 bits per heavy atom. The summed E-state index contributed by atoms with van der Waals surface area (Å²) in [6.45, 7) is 4.77. The van der Waals surface area contributed by atoms with Gasteiger partial charge in [-0.25, -0.2) is 0 Å². The molecule has 0 unspecified atom stereocenters. The van der Waals surface area contributed by atoms with Crippen LogP contribution < -0.4 is 4.74 Å². The maximum atomic E-state index is 8.68. The summed E-state index contributed by atoms with van der Waals surface area (Å²) in [4.78, 5) is 0. The van der Waals surface area contributed by atoms with Crippen molar-refractivity contribution in [3.05, 3.63) is 29.8 Å². The fourth-order valence-corrected chi connectivity index (χ4v) is 1.40. The summed E-state index contributed by atoms with van der Waals surface area (Å²) in [5, 5.41) is 8.68. The lowest BCUT2D eigenvalue weighted by atomic mass is 10.1. The molecule has 0 saturated carbocycles. The Balaban J connectivity index is 2.51. The quantitative estimate of drug-likeness (QED) is 0.801. The van der Waals surface area contributed by atoms with Crippen LogP contribution in [0, 0.1) is 11.8 Å². The van der Waals surface area contributed by atoms with Crippen LogP contribution in [-0.2, 0) is 4.74 Å². The van der Waals surface area contributed by atoms with Gasteiger partial charge in [-0.05, 0) is 32.0 Å². The number of benzene rings is 1. The number of hydrogen-bond acceptors (Lipinski definition) is 3. The van der Waals surface area contributed by atoms with Crippen molar-refractivity contribution in [1.29, 1.82) is 0 Å². The van der Waals surface area contributed by atoms with Crippen molar-refractivity contribution < 1.29 is 14.6 Å². The zero-order chi connectivity index (χ0) is 14.1. The topological polar surface area (TPSA) is 38.7 Å². The SMILES string of the molecule is COC(C)(C)CCOc1cccc(C#CCCO)c1. The Kier molecular flexibility index (Phi) is 6.41. The van der Waals surface area contributed by atoms with Crippen LogP contribution in [0.3, 0.4) is 0 Å². The molecule has 19 heavy (non-hydrogen) atoms. The summed E-state index contributed by atoms with van der Waals surface area (Å²) in [6.07, 6.45) is 1.32. The van der Waals surface area contributed by atoms with Crippen LogP contribution >= 0.6 is 0 Å². The van der Waals surface area contributed by atoms with E-state index in [0.717, 1.165) is 17.7 Å². The molecule has 0 bridgehead atoms. The molecular weight excluding hydrogens is 240 g/mol. The van der Waals surface area contributed by atoms with Gasteiger partial charge in [0.15, 0.2) is 0 Å². The summed E-state index contributed by atoms with van der Waals surface area (Å²) in [5.41, 5.74) is 0.732. The van der Waals surface area contributed by atoms with Gasteiger partial charge in [0, 0.05) is 25.5 Å². The average Bonchev–Trinajstić information content (AvgIpc) is 2.39. The Hall–Kier alpha value is -1.50. The van der Waals surface area contributed by atoms with Crippen LogP contribution in [0.15, 0.2) is 24.3 Å². The van der Waals surface area contributed by atoms with E-state index in [4.69, 9.17) is 14.6 Å². The second kappa shape index (κ2) is 7.83. The van der Waals surface area contributed by atoms with E-state index in [1.54, 1.807) is 7.11 Å². The van der Waals surface area contributed by atoms with Gasteiger partial charge in [0.25, 0.3) is 0 Å². The van der Waals surface area contributed by atoms with Crippen LogP contribution in [-0.4, -0.2) is 31.0 Å². The molecule has 1 N–H and O–H groups in total. The predicted molar refractivity (Wildman–Crippen MR) is 76.2 cm³/mol. The molecule has 1 rings (SSSR count). The summed E-state index contributed by atoms with van der Waals surface area (Å²) in [5.74, 6) is 6.69. The third kappa shape index (κ3) is 6.28. The third-order valence-electron chi connectivity index (χ3n) is 2.83. The van der Waals surface area contributed by atoms with Gasteiger partial charge in [-0.3, -0.25) is 0 Å². The number of methoxy groups -OCH3 is 1. The summed E-state index contributed by atoms with van der Waals surface area (Å²) < 4.78 is 11.0. The first-order valence-electron chi connectivity index (χ1n) is 6.45. The molecule has 1 aromatic carbocycles. The minimum absolute atomic E-state index is 0.0926. The van der Waals surface area contributed by atoms with E-state index in [1.807, 2.05) is 38.1 Å². The van der Waals surface area contributed by atoms with E-state index < -0.39 is 0 Å². The lowest BCUT2D eigenvalue weighted by molar-refractivity contribution is 0.00546. The predicted octanol–water partition coefficient (Wildman–Crippen LogP) is 2.61. The fraction of sp³-hybridized carbons (Fsp3) is 0.500. The van der Waals surface area contributed by atoms with E-state index in [9.17, 15) is 0 Å². The van der Waals surface area contributed by atoms with Crippen molar-refractivity contribution in [2.24, 2.45) is 0 Å². The molecule has 3 nitrogen and oxygen atoms in total. The number of rotatable bonds is 6. The van der Waals surface area contributed by atoms with E-state index in [2.05, 4.69) is 11.8 Å². The molecule has 0 aliphatic carbocycles. The third-order valence-corrected chi connectivity index (χ3v) is 2.83. The molecule has 0 aliphatic rings. The maximum Gasteiger partial charge on any atom is 0.120 e. The second-order valence-corrected chi connectivity index (χ2v) is 4.87. The lowest BCUT2D eigenvalue weighted by Crippen LogP contribution is -2.25. The number of ether oxygens (including phenoxy) is 2. The first-order chi connectivity index (χ1) is 9.07. The van der Waals surface area contributed by atoms with Gasteiger partial charge < -0.3 is 14.6 Å². The van der Waals surface area contributed by atoms with Gasteiger partial charge >= 0.3 is 0 Å². The molecule has 104 valence electrons. The number of hydrogen-bond donors (Lipinski definition) is 1. The number of aliphatic hydroxyl groups is 1. The molecule has 0 atom stereocenters. The zero-order valence-electron chi connectivity index (χ0n) is 11.9. The molecule has 1 aromatic rings. The van der Waals surface area contributed by atoms with Crippen molar-refractivity contribution in [2.45, 2.75) is 32.3 Å². The summed E-state index contributed by atoms with van der Waals surface area (Å²) in [6, 6.07) is 7.66. The number of aliphatic hydroxyl groups excluding tert-OH is 1. The van der Waals surface area contributed by atoms with Crippen molar-refractivity contribution in [3.63, 3.8) is 0 Å². The van der Waals surface area contributed by atoms with Crippen LogP contribution in [0.25, 0.3) is 0 Å². The molecule has 3 heteroatoms. The molecule has 0 aliphatic heterocycles. The van der Waals surface area contributed by atoms with Crippen LogP contribution in [0.5, 0.6) is 5.75 Å². The molecule has 0 aromatic heterocycles. The van der Waals surface area contributed by atoms with E-state index >= 15 is 0 Å². The summed E-state index contributed by atoms with van der Waals surface area (Å²) in [7, 11) is 1.71. The van der Waals surface area contributed by atoms with Crippen LogP contribution in [0.1, 0.15) is 32.3 Å². The zero-order valence-corrected chi connectivity index (χ0v) is 11.9. The van der Waals surface area contributed by atoms with Gasteiger partial charge in [-0.2, -0.15) is 0 Å². The highest BCUT2D eigenvalue weighted by atomic mass is 16.5. The van der Waals surface area contributed by atoms with Gasteiger partial charge in [0.2, 0.25) is 0 Å². The lowest BCUT2D eigenvalue weighted by Gasteiger charge is -2.22. The molecular formula is C16H22O3. The largest absolute Gasteiger partial charge is 0.493 e. The Labute approximate surface area is 115 Å². The van der Waals surface area contributed by atoms with Crippen molar-refractivity contribution in [3.8, 4) is 17.6 Å². The molecule has 0 spiro atoms. The van der Waals surface area contributed by atoms with Crippen molar-refractivity contribution in [1.82, 2.24) is 0 Å². The molecule has 0 heterocycles. The van der Waals surface area contributed by atoms with E-state index in [0.29, 0.717) is 13.0 Å². The van der Waals surface area contributed by atoms with Crippen LogP contribution in [0.2, 0.25) is 0 Å². The highest BCUT2D eigenvalue weighted by molar-refractivity contribution is 5.39. The van der Waals surface area contributed by atoms with Crippen LogP contribution in [0.4, 0.5) is 0 Å². The van der Waals surface area contributed by atoms with Gasteiger partial charge in [-0.15, -0.1) is 0 Å². The van der Waals surface area contributed by atoms with Crippen molar-refractivity contribution in [2.75, 3.05) is 20.3 Å². The van der Waals surface area contributed by atoms with Crippen molar-refractivity contribution >= 4 is 0 Å². The minimum atomic E-state index is -0.168. The van der Waals surface area contributed by atoms with Gasteiger partial charge in [-0.1, -0.05) is 17.9 Å². The molecule has 0 amide bonds. The molecule has 0 radical (unpaired) electrons. The Morgan fingerprint density at radius 1 is 1.32 bits per heavy atom. The Morgan fingerprint density at radius 3 is 2.79 bits per heavy atom. The highest BCUT2D eigenvalue weighted by Crippen LogP contribution is 2.16. The fourth-order valence-electron chi connectivity index (χ4n) is 1.40. The maximum absolute atomic E-state index is 8.68. The standard InChI is InChI=1S/C16H22O3/c1-16(2,18-3)10-12-19-15-9-6-8-14(13-15)7-4-5-11-17/h6,8-9,13,17H,5,10-12H2,1-3H3. The molecule has 0 saturated heterocycles. The first kappa shape index (κ1) is 15.6.